The van der Waals surface area contributed by atoms with Crippen LogP contribution in [0.4, 0.5) is 22.1 Å². The Labute approximate surface area is 176 Å². The van der Waals surface area contributed by atoms with E-state index in [9.17, 15) is 9.90 Å². The first-order valence-electron chi connectivity index (χ1n) is 9.57. The Balaban J connectivity index is 1.89. The topological polar surface area (TPSA) is 112 Å². The number of fused-ring (bicyclic) bond motifs is 2. The Morgan fingerprint density at radius 1 is 1.13 bits per heavy atom. The van der Waals surface area contributed by atoms with Crippen LogP contribution >= 0.6 is 11.5 Å². The van der Waals surface area contributed by atoms with Crippen molar-refractivity contribution in [3.8, 4) is 5.75 Å². The molecule has 9 heteroatoms. The molecule has 0 atom stereocenters. The van der Waals surface area contributed by atoms with Gasteiger partial charge in [-0.2, -0.15) is 4.37 Å². The number of phenols is 1. The van der Waals surface area contributed by atoms with Crippen LogP contribution in [0.5, 0.6) is 5.75 Å². The lowest BCUT2D eigenvalue weighted by molar-refractivity contribution is -0.115. The van der Waals surface area contributed by atoms with Crippen LogP contribution in [0.1, 0.15) is 20.3 Å². The number of carbonyl (C=O) groups excluding carboxylic acids is 1. The Morgan fingerprint density at radius 2 is 1.97 bits per heavy atom. The van der Waals surface area contributed by atoms with E-state index in [-0.39, 0.29) is 11.7 Å². The summed E-state index contributed by atoms with van der Waals surface area (Å²) in [7, 11) is 0. The molecule has 4 aromatic rings. The number of hydrogen-bond donors (Lipinski definition) is 3. The first kappa shape index (κ1) is 19.7. The number of hydrogen-bond acceptors (Lipinski definition) is 8. The molecule has 0 aliphatic rings. The third-order valence-corrected chi connectivity index (χ3v) is 5.30. The number of aromatic nitrogens is 2. The van der Waals surface area contributed by atoms with Crippen LogP contribution in [0, 0.1) is 0 Å². The van der Waals surface area contributed by atoms with Gasteiger partial charge in [0.05, 0.1) is 16.8 Å². The fourth-order valence-corrected chi connectivity index (χ4v) is 3.80. The first-order chi connectivity index (χ1) is 14.6. The van der Waals surface area contributed by atoms with E-state index in [0.717, 1.165) is 16.5 Å². The molecule has 152 valence electrons. The van der Waals surface area contributed by atoms with Gasteiger partial charge in [0.2, 0.25) is 5.91 Å². The van der Waals surface area contributed by atoms with Crippen LogP contribution in [0.2, 0.25) is 0 Å². The number of amides is 1. The number of azo groups is 1. The van der Waals surface area contributed by atoms with Crippen molar-refractivity contribution in [1.29, 1.82) is 0 Å². The minimum absolute atomic E-state index is 0.00190. The average Bonchev–Trinajstić information content (AvgIpc) is 3.18. The lowest BCUT2D eigenvalue weighted by Gasteiger charge is -2.14. The molecule has 0 aliphatic carbocycles. The van der Waals surface area contributed by atoms with Gasteiger partial charge < -0.3 is 15.7 Å². The SMILES string of the molecule is CCNc1cccc2c(O)c(NC(=O)CC)cc(/N=N/c3snc4ncccc34)c12. The second-order valence-electron chi connectivity index (χ2n) is 6.51. The zero-order valence-electron chi connectivity index (χ0n) is 16.5. The number of phenolic OH excluding ortho intramolecular Hbond substituents is 1. The predicted octanol–water partition coefficient (Wildman–Crippen LogP) is 5.75. The number of pyridine rings is 1. The highest BCUT2D eigenvalue weighted by atomic mass is 32.1. The van der Waals surface area contributed by atoms with Crippen molar-refractivity contribution in [2.45, 2.75) is 20.3 Å². The summed E-state index contributed by atoms with van der Waals surface area (Å²) in [5.74, 6) is -0.201. The van der Waals surface area contributed by atoms with E-state index in [4.69, 9.17) is 0 Å². The third-order valence-electron chi connectivity index (χ3n) is 4.56. The molecule has 0 radical (unpaired) electrons. The molecule has 4 rings (SSSR count). The molecule has 8 nitrogen and oxygen atoms in total. The monoisotopic (exact) mass is 420 g/mol. The van der Waals surface area contributed by atoms with E-state index in [1.54, 1.807) is 25.3 Å². The normalized spacial score (nSPS) is 11.4. The number of nitrogens with zero attached hydrogens (tertiary/aromatic N) is 4. The van der Waals surface area contributed by atoms with Crippen LogP contribution in [0.25, 0.3) is 21.8 Å². The summed E-state index contributed by atoms with van der Waals surface area (Å²) in [5.41, 5.74) is 2.27. The Hall–Kier alpha value is -3.59. The van der Waals surface area contributed by atoms with Crippen molar-refractivity contribution in [3.63, 3.8) is 0 Å². The van der Waals surface area contributed by atoms with Crippen molar-refractivity contribution < 1.29 is 9.90 Å². The van der Waals surface area contributed by atoms with Gasteiger partial charge in [0.1, 0.15) is 5.75 Å². The zero-order chi connectivity index (χ0) is 21.1. The van der Waals surface area contributed by atoms with Crippen LogP contribution in [-0.4, -0.2) is 26.9 Å². The molecule has 0 spiro atoms. The molecule has 2 aromatic heterocycles. The smallest absolute Gasteiger partial charge is 0.224 e. The highest BCUT2D eigenvalue weighted by Crippen LogP contribution is 2.43. The van der Waals surface area contributed by atoms with Gasteiger partial charge >= 0.3 is 0 Å². The number of benzene rings is 2. The van der Waals surface area contributed by atoms with E-state index in [0.29, 0.717) is 40.4 Å². The Kier molecular flexibility index (Phi) is 5.53. The van der Waals surface area contributed by atoms with Gasteiger partial charge in [0.15, 0.2) is 10.6 Å². The predicted molar refractivity (Wildman–Crippen MR) is 120 cm³/mol. The number of carbonyl (C=O) groups is 1. The molecule has 0 saturated heterocycles. The molecule has 2 heterocycles. The van der Waals surface area contributed by atoms with E-state index in [1.165, 1.54) is 11.5 Å². The lowest BCUT2D eigenvalue weighted by atomic mass is 10.0. The maximum atomic E-state index is 11.9. The van der Waals surface area contributed by atoms with Crippen molar-refractivity contribution in [2.24, 2.45) is 10.2 Å². The van der Waals surface area contributed by atoms with Gasteiger partial charge in [0.25, 0.3) is 0 Å². The van der Waals surface area contributed by atoms with Crippen LogP contribution < -0.4 is 10.6 Å². The fourth-order valence-electron chi connectivity index (χ4n) is 3.14. The molecule has 0 aliphatic heterocycles. The second kappa shape index (κ2) is 8.42. The van der Waals surface area contributed by atoms with E-state index >= 15 is 0 Å². The number of anilines is 2. The van der Waals surface area contributed by atoms with Gasteiger partial charge in [-0.05, 0) is 42.7 Å². The van der Waals surface area contributed by atoms with Crippen molar-refractivity contribution in [3.05, 3.63) is 42.6 Å². The summed E-state index contributed by atoms with van der Waals surface area (Å²) < 4.78 is 4.29. The summed E-state index contributed by atoms with van der Waals surface area (Å²) in [6.07, 6.45) is 1.98. The lowest BCUT2D eigenvalue weighted by Crippen LogP contribution is -2.09. The summed E-state index contributed by atoms with van der Waals surface area (Å²) >= 11 is 1.22. The van der Waals surface area contributed by atoms with Gasteiger partial charge in [-0.25, -0.2) is 4.98 Å². The molecule has 0 saturated carbocycles. The second-order valence-corrected chi connectivity index (χ2v) is 7.27. The van der Waals surface area contributed by atoms with E-state index in [2.05, 4.69) is 30.2 Å². The molecule has 0 fully saturated rings. The first-order valence-corrected chi connectivity index (χ1v) is 10.3. The van der Waals surface area contributed by atoms with Crippen molar-refractivity contribution in [2.75, 3.05) is 17.2 Å². The van der Waals surface area contributed by atoms with Crippen molar-refractivity contribution in [1.82, 2.24) is 9.36 Å². The molecule has 3 N–H and O–H groups in total. The molecular formula is C21H20N6O2S. The molecule has 0 bridgehead atoms. The average molecular weight is 420 g/mol. The maximum absolute atomic E-state index is 11.9. The summed E-state index contributed by atoms with van der Waals surface area (Å²) in [4.78, 5) is 16.2. The zero-order valence-corrected chi connectivity index (χ0v) is 17.3. The highest BCUT2D eigenvalue weighted by molar-refractivity contribution is 7.11. The summed E-state index contributed by atoms with van der Waals surface area (Å²) in [6, 6.07) is 10.9. The van der Waals surface area contributed by atoms with Crippen molar-refractivity contribution >= 4 is 61.3 Å². The molecule has 1 amide bonds. The quantitative estimate of drug-likeness (QED) is 0.272. The van der Waals surface area contributed by atoms with Gasteiger partial charge in [-0.3, -0.25) is 4.79 Å². The van der Waals surface area contributed by atoms with Crippen LogP contribution in [0.15, 0.2) is 52.8 Å². The molecule has 2 aromatic carbocycles. The van der Waals surface area contributed by atoms with Gasteiger partial charge in [0, 0.05) is 35.6 Å². The molecule has 30 heavy (non-hydrogen) atoms. The van der Waals surface area contributed by atoms with E-state index in [1.807, 2.05) is 31.2 Å². The summed E-state index contributed by atoms with van der Waals surface area (Å²) in [6.45, 7) is 4.45. The Bertz CT molecular complexity index is 1270. The maximum Gasteiger partial charge on any atom is 0.224 e. The molecule has 0 unspecified atom stereocenters. The van der Waals surface area contributed by atoms with Gasteiger partial charge in [-0.1, -0.05) is 19.1 Å². The minimum Gasteiger partial charge on any atom is -0.505 e. The molecular weight excluding hydrogens is 400 g/mol. The largest absolute Gasteiger partial charge is 0.505 e. The summed E-state index contributed by atoms with van der Waals surface area (Å²) in [5, 5.41) is 28.4. The number of rotatable bonds is 6. The standard InChI is InChI=1S/C21H20N6O2S/c1-3-17(28)24-16-11-15(18-12(19(16)29)7-5-9-14(18)22-4-2)25-26-21-13-8-6-10-23-20(13)27-30-21/h5-11,22,29H,3-4H2,1-2H3,(H,24,28)/b26-25+. The van der Waals surface area contributed by atoms with Gasteiger partial charge in [-0.15, -0.1) is 10.2 Å². The third kappa shape index (κ3) is 3.67. The van der Waals surface area contributed by atoms with Crippen LogP contribution in [0.3, 0.4) is 0 Å². The van der Waals surface area contributed by atoms with E-state index < -0.39 is 0 Å². The number of aromatic hydroxyl groups is 1. The number of nitrogens with one attached hydrogen (secondary N) is 2. The fraction of sp³-hybridized carbons (Fsp3) is 0.190. The minimum atomic E-state index is -0.199. The Morgan fingerprint density at radius 3 is 2.77 bits per heavy atom. The highest BCUT2D eigenvalue weighted by Gasteiger charge is 2.16. The van der Waals surface area contributed by atoms with Crippen LogP contribution in [-0.2, 0) is 4.79 Å².